The Kier molecular flexibility index (Phi) is 7.37. The zero-order valence-electron chi connectivity index (χ0n) is 15.0. The average molecular weight is 360 g/mol. The monoisotopic (exact) mass is 360 g/mol. The van der Waals surface area contributed by atoms with Crippen LogP contribution in [0.15, 0.2) is 5.11 Å². The van der Waals surface area contributed by atoms with Crippen LogP contribution in [-0.2, 0) is 23.8 Å². The van der Waals surface area contributed by atoms with Gasteiger partial charge in [-0.2, -0.15) is 0 Å². The summed E-state index contributed by atoms with van der Waals surface area (Å²) in [6.45, 7) is 3.24. The van der Waals surface area contributed by atoms with E-state index in [1.807, 2.05) is 6.92 Å². The van der Waals surface area contributed by atoms with E-state index in [1.54, 1.807) is 6.92 Å². The Hall–Kier alpha value is -1.70. The van der Waals surface area contributed by atoms with Crippen LogP contribution in [0.2, 0.25) is 0 Å². The van der Waals surface area contributed by atoms with Gasteiger partial charge in [0.2, 0.25) is 5.91 Å². The van der Waals surface area contributed by atoms with Gasteiger partial charge in [-0.15, -0.1) is 0 Å². The number of nitrogens with zero attached hydrogens (tertiary/aromatic N) is 4. The topological polar surface area (TPSA) is 114 Å². The molecule has 0 saturated carbocycles. The van der Waals surface area contributed by atoms with E-state index in [-0.39, 0.29) is 37.8 Å². The number of ether oxygens (including phenoxy) is 3. The predicted molar refractivity (Wildman–Crippen MR) is 93.4 cm³/mol. The Morgan fingerprint density at radius 3 is 2.50 bits per heavy atom. The molecule has 1 amide bonds. The molecule has 9 nitrogen and oxygen atoms in total. The van der Waals surface area contributed by atoms with E-state index in [9.17, 15) is 9.59 Å². The van der Waals surface area contributed by atoms with Gasteiger partial charge < -0.3 is 19.1 Å². The lowest BCUT2D eigenvalue weighted by atomic mass is 9.92. The normalized spacial score (nSPS) is 33.5. The van der Waals surface area contributed by atoms with E-state index in [4.69, 9.17) is 35.4 Å². The summed E-state index contributed by atoms with van der Waals surface area (Å²) in [4.78, 5) is 28.4. The minimum absolute atomic E-state index is 0.136. The van der Waals surface area contributed by atoms with Gasteiger partial charge in [0.25, 0.3) is 0 Å². The third kappa shape index (κ3) is 5.65. The molecule has 2 aliphatic heterocycles. The highest BCUT2D eigenvalue weighted by molar-refractivity contribution is 6.11. The molecule has 0 spiro atoms. The van der Waals surface area contributed by atoms with Gasteiger partial charge in [-0.1, -0.05) is 12.0 Å². The molecule has 4 radical (unpaired) electrons. The largest absolute Gasteiger partial charge is 0.458 e. The molecule has 0 bridgehead atoms. The molecule has 2 aliphatic rings. The number of esters is 1. The molecule has 0 N–H and O–H groups in total. The molecule has 2 heterocycles. The number of carbonyl (C=O) groups excluding carboxylic acids is 2. The molecular formula is C15H22B2N4O5. The Balaban J connectivity index is 1.97. The standard InChI is InChI=1S/C15H22B2N4O5/c1-8-3-12(16)25-11(8)6-21(14(22)5-19-20-18)7-15(23)26-10-4-13(17)24-9(10)2/h8-13H,3-7H2,1-2H3. The lowest BCUT2D eigenvalue weighted by Gasteiger charge is -2.27. The van der Waals surface area contributed by atoms with Crippen LogP contribution < -0.4 is 0 Å². The second kappa shape index (κ2) is 9.30. The van der Waals surface area contributed by atoms with Crippen molar-refractivity contribution in [3.63, 3.8) is 0 Å². The number of hydrogen-bond acceptors (Lipinski definition) is 6. The summed E-state index contributed by atoms with van der Waals surface area (Å²) in [6, 6.07) is -0.867. The van der Waals surface area contributed by atoms with Crippen molar-refractivity contribution in [3.05, 3.63) is 10.4 Å². The number of hydrogen-bond donors (Lipinski definition) is 0. The number of azide groups is 1. The molecule has 0 aliphatic carbocycles. The molecule has 6 unspecified atom stereocenters. The van der Waals surface area contributed by atoms with Crippen molar-refractivity contribution in [2.45, 2.75) is 57.0 Å². The van der Waals surface area contributed by atoms with Crippen molar-refractivity contribution in [2.24, 2.45) is 11.0 Å². The lowest BCUT2D eigenvalue weighted by Crippen LogP contribution is -2.44. The molecule has 2 rings (SSSR count). The van der Waals surface area contributed by atoms with Gasteiger partial charge in [-0.3, -0.25) is 9.59 Å². The molecule has 2 fully saturated rings. The highest BCUT2D eigenvalue weighted by Gasteiger charge is 2.35. The predicted octanol–water partition coefficient (Wildman–Crippen LogP) is 0.260. The Morgan fingerprint density at radius 1 is 1.27 bits per heavy atom. The van der Waals surface area contributed by atoms with Crippen LogP contribution in [0.25, 0.3) is 10.4 Å². The minimum Gasteiger partial charge on any atom is -0.458 e. The van der Waals surface area contributed by atoms with Crippen molar-refractivity contribution in [1.82, 2.24) is 4.90 Å². The highest BCUT2D eigenvalue weighted by atomic mass is 16.6. The third-order valence-corrected chi connectivity index (χ3v) is 4.59. The molecule has 26 heavy (non-hydrogen) atoms. The van der Waals surface area contributed by atoms with E-state index in [2.05, 4.69) is 10.0 Å². The van der Waals surface area contributed by atoms with E-state index < -0.39 is 30.0 Å². The first-order valence-corrected chi connectivity index (χ1v) is 8.60. The fourth-order valence-electron chi connectivity index (χ4n) is 3.16. The Labute approximate surface area is 155 Å². The zero-order chi connectivity index (χ0) is 19.3. The lowest BCUT2D eigenvalue weighted by molar-refractivity contribution is -0.156. The van der Waals surface area contributed by atoms with Gasteiger partial charge in [0, 0.05) is 29.9 Å². The fourth-order valence-corrected chi connectivity index (χ4v) is 3.16. The summed E-state index contributed by atoms with van der Waals surface area (Å²) >= 11 is 0. The van der Waals surface area contributed by atoms with E-state index in [0.29, 0.717) is 12.8 Å². The quantitative estimate of drug-likeness (QED) is 0.212. The first-order valence-electron chi connectivity index (χ1n) is 8.60. The third-order valence-electron chi connectivity index (χ3n) is 4.59. The summed E-state index contributed by atoms with van der Waals surface area (Å²) in [5.74, 6) is -0.927. The van der Waals surface area contributed by atoms with Crippen LogP contribution >= 0.6 is 0 Å². The van der Waals surface area contributed by atoms with Gasteiger partial charge >= 0.3 is 5.97 Å². The molecule has 138 valence electrons. The maximum Gasteiger partial charge on any atom is 0.326 e. The number of rotatable bonds is 7. The van der Waals surface area contributed by atoms with Crippen molar-refractivity contribution < 1.29 is 23.8 Å². The second-order valence-corrected chi connectivity index (χ2v) is 6.73. The molecular weight excluding hydrogens is 338 g/mol. The SMILES string of the molecule is [B]C1CC(OC(=O)CN(CC2OC([B])CC2C)C(=O)CN=[N+]=[N-])C(C)O1. The highest BCUT2D eigenvalue weighted by Crippen LogP contribution is 2.25. The maximum atomic E-state index is 12.3. The van der Waals surface area contributed by atoms with Gasteiger partial charge in [0.15, 0.2) is 0 Å². The summed E-state index contributed by atoms with van der Waals surface area (Å²) in [7, 11) is 11.5. The van der Waals surface area contributed by atoms with Gasteiger partial charge in [0.05, 0.1) is 12.2 Å². The summed E-state index contributed by atoms with van der Waals surface area (Å²) in [5.41, 5.74) is 8.41. The van der Waals surface area contributed by atoms with E-state index in [0.717, 1.165) is 0 Å². The Morgan fingerprint density at radius 2 is 1.96 bits per heavy atom. The smallest absolute Gasteiger partial charge is 0.326 e. The van der Waals surface area contributed by atoms with Crippen LogP contribution in [-0.4, -0.2) is 82.4 Å². The van der Waals surface area contributed by atoms with Crippen molar-refractivity contribution in [1.29, 1.82) is 0 Å². The van der Waals surface area contributed by atoms with Crippen LogP contribution in [0.3, 0.4) is 0 Å². The second-order valence-electron chi connectivity index (χ2n) is 6.73. The molecule has 2 saturated heterocycles. The number of carbonyl (C=O) groups is 2. The first kappa shape index (κ1) is 20.6. The Bertz CT molecular complexity index is 574. The summed E-state index contributed by atoms with van der Waals surface area (Å²) < 4.78 is 16.3. The first-order chi connectivity index (χ1) is 12.3. The molecule has 0 aromatic rings. The minimum atomic E-state index is -0.580. The molecule has 11 heteroatoms. The average Bonchev–Trinajstić information content (AvgIpc) is 3.04. The van der Waals surface area contributed by atoms with Crippen LogP contribution in [0.1, 0.15) is 26.7 Å². The maximum absolute atomic E-state index is 12.3. The van der Waals surface area contributed by atoms with Crippen molar-refractivity contribution in [2.75, 3.05) is 19.6 Å². The number of amides is 1. The van der Waals surface area contributed by atoms with Crippen LogP contribution in [0.4, 0.5) is 0 Å². The van der Waals surface area contributed by atoms with Crippen LogP contribution in [0, 0.1) is 5.92 Å². The van der Waals surface area contributed by atoms with Gasteiger partial charge in [-0.05, 0) is 24.8 Å². The van der Waals surface area contributed by atoms with Gasteiger partial charge in [0.1, 0.15) is 34.9 Å². The van der Waals surface area contributed by atoms with E-state index in [1.165, 1.54) is 4.90 Å². The van der Waals surface area contributed by atoms with E-state index >= 15 is 0 Å². The molecule has 0 aromatic carbocycles. The molecule has 0 aromatic heterocycles. The summed E-state index contributed by atoms with van der Waals surface area (Å²) in [5, 5.41) is 3.27. The molecule has 6 atom stereocenters. The summed E-state index contributed by atoms with van der Waals surface area (Å²) in [6.07, 6.45) is 0.00795. The zero-order valence-corrected chi connectivity index (χ0v) is 15.0. The van der Waals surface area contributed by atoms with Crippen molar-refractivity contribution >= 4 is 27.6 Å². The van der Waals surface area contributed by atoms with Crippen molar-refractivity contribution in [3.8, 4) is 0 Å². The fraction of sp³-hybridized carbons (Fsp3) is 0.867. The van der Waals surface area contributed by atoms with Gasteiger partial charge in [-0.25, -0.2) is 0 Å². The van der Waals surface area contributed by atoms with Crippen LogP contribution in [0.5, 0.6) is 0 Å².